The zero-order valence-electron chi connectivity index (χ0n) is 25.0. The monoisotopic (exact) mass is 574 g/mol. The Bertz CT molecular complexity index is 1340. The first-order chi connectivity index (χ1) is 20.4. The zero-order valence-corrected chi connectivity index (χ0v) is 25.0. The number of methoxy groups -OCH3 is 2. The quantitative estimate of drug-likeness (QED) is 0.287. The van der Waals surface area contributed by atoms with Gasteiger partial charge in [-0.2, -0.15) is 0 Å². The van der Waals surface area contributed by atoms with Gasteiger partial charge in [0.15, 0.2) is 0 Å². The van der Waals surface area contributed by atoms with Crippen molar-refractivity contribution in [3.05, 3.63) is 72.3 Å². The Morgan fingerprint density at radius 3 is 2.12 bits per heavy atom. The maximum Gasteiger partial charge on any atom is 0.323 e. The summed E-state index contributed by atoms with van der Waals surface area (Å²) >= 11 is 0. The standard InChI is InChI=1S/C32H42N6O4/c1-5-36(6-2)17-16-33-31(39)27-23-25(35-32(40)34-24-10-9-11-26(22-24)41-3)14-15-28(27)37-18-20-38(21-19-37)29-12-7-8-13-30(29)42-4/h7-15,22-23H,5-6,16-21H2,1-4H3,(H,33,39)(H2,34,35,40). The number of carbonyl (C=O) groups is 2. The molecule has 224 valence electrons. The lowest BCUT2D eigenvalue weighted by Crippen LogP contribution is -2.47. The van der Waals surface area contributed by atoms with Crippen LogP contribution in [0.4, 0.5) is 27.5 Å². The van der Waals surface area contributed by atoms with E-state index in [2.05, 4.69) is 50.6 Å². The van der Waals surface area contributed by atoms with E-state index < -0.39 is 6.03 Å². The van der Waals surface area contributed by atoms with Crippen molar-refractivity contribution in [3.8, 4) is 11.5 Å². The third-order valence-electron chi connectivity index (χ3n) is 7.48. The Hall–Kier alpha value is -4.44. The SMILES string of the molecule is CCN(CC)CCNC(=O)c1cc(NC(=O)Nc2cccc(OC)c2)ccc1N1CCN(c2ccccc2OC)CC1. The Balaban J connectivity index is 1.50. The molecule has 3 amide bonds. The summed E-state index contributed by atoms with van der Waals surface area (Å²) in [5.41, 5.74) is 3.57. The highest BCUT2D eigenvalue weighted by Crippen LogP contribution is 2.31. The van der Waals surface area contributed by atoms with Gasteiger partial charge < -0.3 is 40.1 Å². The van der Waals surface area contributed by atoms with Crippen molar-refractivity contribution < 1.29 is 19.1 Å². The fourth-order valence-electron chi connectivity index (χ4n) is 5.11. The molecule has 10 nitrogen and oxygen atoms in total. The average Bonchev–Trinajstić information content (AvgIpc) is 3.03. The normalized spacial score (nSPS) is 13.1. The molecular formula is C32H42N6O4. The van der Waals surface area contributed by atoms with Gasteiger partial charge in [0, 0.05) is 62.4 Å². The number of ether oxygens (including phenoxy) is 2. The van der Waals surface area contributed by atoms with Gasteiger partial charge in [0.05, 0.1) is 25.5 Å². The second-order valence-electron chi connectivity index (χ2n) is 9.97. The van der Waals surface area contributed by atoms with Crippen molar-refractivity contribution in [1.29, 1.82) is 0 Å². The van der Waals surface area contributed by atoms with Crippen LogP contribution in [0, 0.1) is 0 Å². The van der Waals surface area contributed by atoms with Crippen LogP contribution in [0.15, 0.2) is 66.7 Å². The maximum atomic E-state index is 13.5. The largest absolute Gasteiger partial charge is 0.497 e. The molecule has 1 aliphatic rings. The fraction of sp³-hybridized carbons (Fsp3) is 0.375. The van der Waals surface area contributed by atoms with Gasteiger partial charge in [0.25, 0.3) is 5.91 Å². The molecule has 1 fully saturated rings. The number of nitrogens with one attached hydrogen (secondary N) is 3. The van der Waals surface area contributed by atoms with Gasteiger partial charge >= 0.3 is 6.03 Å². The first-order valence-electron chi connectivity index (χ1n) is 14.4. The predicted molar refractivity (Wildman–Crippen MR) is 170 cm³/mol. The Morgan fingerprint density at radius 2 is 1.45 bits per heavy atom. The number of amides is 3. The second kappa shape index (κ2) is 15.0. The minimum Gasteiger partial charge on any atom is -0.497 e. The number of likely N-dealkylation sites (N-methyl/N-ethyl adjacent to an activating group) is 1. The number of carbonyl (C=O) groups excluding carboxylic acids is 2. The predicted octanol–water partition coefficient (Wildman–Crippen LogP) is 4.75. The first kappa shape index (κ1) is 30.5. The number of benzene rings is 3. The molecule has 0 aliphatic carbocycles. The molecule has 4 rings (SSSR count). The first-order valence-corrected chi connectivity index (χ1v) is 14.4. The number of hydrogen-bond acceptors (Lipinski definition) is 7. The Labute approximate surface area is 248 Å². The van der Waals surface area contributed by atoms with Crippen LogP contribution in [0.25, 0.3) is 0 Å². The van der Waals surface area contributed by atoms with Crippen LogP contribution in [0.2, 0.25) is 0 Å². The van der Waals surface area contributed by atoms with Crippen molar-refractivity contribution in [1.82, 2.24) is 10.2 Å². The summed E-state index contributed by atoms with van der Waals surface area (Å²) in [6, 6.07) is 20.2. The van der Waals surface area contributed by atoms with E-state index in [0.717, 1.165) is 62.9 Å². The summed E-state index contributed by atoms with van der Waals surface area (Å²) in [7, 11) is 3.26. The highest BCUT2D eigenvalue weighted by atomic mass is 16.5. The van der Waals surface area contributed by atoms with E-state index in [0.29, 0.717) is 29.2 Å². The van der Waals surface area contributed by atoms with E-state index in [-0.39, 0.29) is 5.91 Å². The lowest BCUT2D eigenvalue weighted by atomic mass is 10.1. The second-order valence-corrected chi connectivity index (χ2v) is 9.97. The van der Waals surface area contributed by atoms with Gasteiger partial charge in [-0.05, 0) is 55.6 Å². The minimum atomic E-state index is -0.408. The molecule has 0 saturated carbocycles. The summed E-state index contributed by atoms with van der Waals surface area (Å²) in [6.07, 6.45) is 0. The van der Waals surface area contributed by atoms with Crippen LogP contribution in [-0.4, -0.2) is 83.4 Å². The fourth-order valence-corrected chi connectivity index (χ4v) is 5.11. The summed E-state index contributed by atoms with van der Waals surface area (Å²) in [5.74, 6) is 1.33. The molecule has 0 radical (unpaired) electrons. The number of rotatable bonds is 12. The van der Waals surface area contributed by atoms with Crippen LogP contribution in [-0.2, 0) is 0 Å². The number of nitrogens with zero attached hydrogens (tertiary/aromatic N) is 3. The molecule has 0 unspecified atom stereocenters. The lowest BCUT2D eigenvalue weighted by molar-refractivity contribution is 0.0949. The van der Waals surface area contributed by atoms with Crippen LogP contribution in [0.1, 0.15) is 24.2 Å². The molecule has 0 aromatic heterocycles. The topological polar surface area (TPSA) is 98.4 Å². The maximum absolute atomic E-state index is 13.5. The summed E-state index contributed by atoms with van der Waals surface area (Å²) in [6.45, 7) is 10.4. The van der Waals surface area contributed by atoms with Gasteiger partial charge in [-0.3, -0.25) is 4.79 Å². The van der Waals surface area contributed by atoms with Gasteiger partial charge in [0.1, 0.15) is 11.5 Å². The van der Waals surface area contributed by atoms with Crippen LogP contribution < -0.4 is 35.2 Å². The Morgan fingerprint density at radius 1 is 0.786 bits per heavy atom. The van der Waals surface area contributed by atoms with Gasteiger partial charge in [0.2, 0.25) is 0 Å². The smallest absolute Gasteiger partial charge is 0.323 e. The third kappa shape index (κ3) is 7.85. The molecule has 1 saturated heterocycles. The van der Waals surface area contributed by atoms with E-state index in [9.17, 15) is 9.59 Å². The molecule has 10 heteroatoms. The summed E-state index contributed by atoms with van der Waals surface area (Å²) in [4.78, 5) is 33.1. The molecule has 0 spiro atoms. The van der Waals surface area contributed by atoms with Crippen molar-refractivity contribution in [3.63, 3.8) is 0 Å². The van der Waals surface area contributed by atoms with Gasteiger partial charge in [-0.1, -0.05) is 32.0 Å². The molecule has 0 bridgehead atoms. The van der Waals surface area contributed by atoms with Crippen molar-refractivity contribution in [2.75, 3.05) is 87.0 Å². The van der Waals surface area contributed by atoms with E-state index in [1.807, 2.05) is 36.4 Å². The zero-order chi connectivity index (χ0) is 29.9. The third-order valence-corrected chi connectivity index (χ3v) is 7.48. The number of anilines is 4. The molecule has 42 heavy (non-hydrogen) atoms. The molecule has 1 aliphatic heterocycles. The van der Waals surface area contributed by atoms with Crippen molar-refractivity contribution in [2.24, 2.45) is 0 Å². The highest BCUT2D eigenvalue weighted by Gasteiger charge is 2.24. The minimum absolute atomic E-state index is 0.166. The van der Waals surface area contributed by atoms with Crippen molar-refractivity contribution in [2.45, 2.75) is 13.8 Å². The summed E-state index contributed by atoms with van der Waals surface area (Å²) in [5, 5.41) is 8.77. The molecule has 3 N–H and O–H groups in total. The van der Waals surface area contributed by atoms with Crippen LogP contribution >= 0.6 is 0 Å². The highest BCUT2D eigenvalue weighted by molar-refractivity contribution is 6.04. The molecule has 1 heterocycles. The van der Waals surface area contributed by atoms with Crippen LogP contribution in [0.3, 0.4) is 0 Å². The van der Waals surface area contributed by atoms with Gasteiger partial charge in [-0.25, -0.2) is 4.79 Å². The summed E-state index contributed by atoms with van der Waals surface area (Å²) < 4.78 is 10.8. The molecular weight excluding hydrogens is 532 g/mol. The Kier molecular flexibility index (Phi) is 10.9. The van der Waals surface area contributed by atoms with E-state index >= 15 is 0 Å². The van der Waals surface area contributed by atoms with Crippen LogP contribution in [0.5, 0.6) is 11.5 Å². The molecule has 0 atom stereocenters. The number of urea groups is 1. The lowest BCUT2D eigenvalue weighted by Gasteiger charge is -2.38. The number of hydrogen-bond donors (Lipinski definition) is 3. The number of para-hydroxylation sites is 2. The van der Waals surface area contributed by atoms with Crippen molar-refractivity contribution >= 4 is 34.7 Å². The van der Waals surface area contributed by atoms with E-state index in [1.165, 1.54) is 0 Å². The van der Waals surface area contributed by atoms with E-state index in [1.54, 1.807) is 38.5 Å². The van der Waals surface area contributed by atoms with E-state index in [4.69, 9.17) is 9.47 Å². The molecule has 3 aromatic carbocycles. The average molecular weight is 575 g/mol. The molecule has 3 aromatic rings. The number of piperazine rings is 1. The van der Waals surface area contributed by atoms with Gasteiger partial charge in [-0.15, -0.1) is 0 Å².